The molecular weight excluding hydrogens is 492 g/mol. The van der Waals surface area contributed by atoms with Crippen molar-refractivity contribution in [2.24, 2.45) is 0 Å². The first-order valence-electron chi connectivity index (χ1n) is 10.3. The largest absolute Gasteiger partial charge is 0.400 e. The van der Waals surface area contributed by atoms with Gasteiger partial charge in [-0.15, -0.1) is 10.2 Å². The normalized spacial score (nSPS) is 15.1. The molecule has 0 radical (unpaired) electrons. The summed E-state index contributed by atoms with van der Waals surface area (Å²) < 4.78 is 42.8. The molecule has 1 fully saturated rings. The maximum absolute atomic E-state index is 13.6. The minimum absolute atomic E-state index is 0.00705. The molecular formula is C23H17Cl2F3N4S. The summed E-state index contributed by atoms with van der Waals surface area (Å²) in [6.45, 7) is 1.96. The van der Waals surface area contributed by atoms with E-state index in [0.717, 1.165) is 22.7 Å². The molecule has 2 heterocycles. The number of halogens is 5. The molecule has 2 aromatic heterocycles. The molecule has 5 rings (SSSR count). The number of hydrogen-bond acceptors (Lipinski definition) is 4. The van der Waals surface area contributed by atoms with Crippen molar-refractivity contribution in [1.29, 1.82) is 0 Å². The van der Waals surface area contributed by atoms with Crippen LogP contribution in [0.4, 0.5) is 13.2 Å². The average molecular weight is 509 g/mol. The summed E-state index contributed by atoms with van der Waals surface area (Å²) in [5, 5.41) is 9.52. The van der Waals surface area contributed by atoms with E-state index in [1.165, 1.54) is 0 Å². The highest BCUT2D eigenvalue weighted by Gasteiger charge is 2.66. The van der Waals surface area contributed by atoms with Crippen LogP contribution in [0.3, 0.4) is 0 Å². The topological polar surface area (TPSA) is 43.6 Å². The van der Waals surface area contributed by atoms with E-state index in [1.807, 2.05) is 41.8 Å². The number of benzene rings is 2. The molecule has 0 saturated heterocycles. The van der Waals surface area contributed by atoms with Gasteiger partial charge in [0.25, 0.3) is 0 Å². The first-order valence-corrected chi connectivity index (χ1v) is 11.9. The van der Waals surface area contributed by atoms with E-state index < -0.39 is 11.6 Å². The third kappa shape index (κ3) is 3.74. The molecule has 1 aliphatic rings. The molecule has 170 valence electrons. The predicted molar refractivity (Wildman–Crippen MR) is 124 cm³/mol. The second-order valence-corrected chi connectivity index (χ2v) is 9.69. The highest BCUT2D eigenvalue weighted by atomic mass is 35.5. The molecule has 0 N–H and O–H groups in total. The van der Waals surface area contributed by atoms with Crippen molar-refractivity contribution in [1.82, 2.24) is 19.7 Å². The third-order valence-electron chi connectivity index (χ3n) is 5.84. The molecule has 0 spiro atoms. The molecule has 2 aromatic carbocycles. The average Bonchev–Trinajstić information content (AvgIpc) is 3.32. The number of alkyl halides is 3. The Kier molecular flexibility index (Phi) is 5.50. The van der Waals surface area contributed by atoms with Gasteiger partial charge in [-0.1, -0.05) is 53.6 Å². The third-order valence-corrected chi connectivity index (χ3v) is 7.55. The lowest BCUT2D eigenvalue weighted by molar-refractivity contribution is -0.160. The molecule has 0 amide bonds. The zero-order valence-corrected chi connectivity index (χ0v) is 19.7. The monoisotopic (exact) mass is 508 g/mol. The minimum Gasteiger partial charge on any atom is -0.296 e. The van der Waals surface area contributed by atoms with Gasteiger partial charge in [-0.2, -0.15) is 13.2 Å². The molecule has 0 unspecified atom stereocenters. The van der Waals surface area contributed by atoms with Crippen LogP contribution in [0.5, 0.6) is 0 Å². The second-order valence-electron chi connectivity index (χ2n) is 7.87. The Morgan fingerprint density at radius 1 is 1.03 bits per heavy atom. The van der Waals surface area contributed by atoms with Crippen molar-refractivity contribution >= 4 is 34.5 Å². The Morgan fingerprint density at radius 2 is 1.73 bits per heavy atom. The Bertz CT molecular complexity index is 1320. The van der Waals surface area contributed by atoms with Gasteiger partial charge in [0.05, 0.1) is 10.7 Å². The maximum Gasteiger partial charge on any atom is 0.400 e. The second kappa shape index (κ2) is 8.11. The van der Waals surface area contributed by atoms with Gasteiger partial charge in [0, 0.05) is 16.3 Å². The summed E-state index contributed by atoms with van der Waals surface area (Å²) in [5.41, 5.74) is 0.938. The molecule has 4 aromatic rings. The Morgan fingerprint density at radius 3 is 2.33 bits per heavy atom. The molecule has 0 aliphatic heterocycles. The van der Waals surface area contributed by atoms with Crippen LogP contribution in [-0.4, -0.2) is 25.9 Å². The van der Waals surface area contributed by atoms with E-state index in [9.17, 15) is 13.2 Å². The zero-order chi connectivity index (χ0) is 23.4. The number of imidazole rings is 1. The fourth-order valence-corrected chi connectivity index (χ4v) is 5.37. The summed E-state index contributed by atoms with van der Waals surface area (Å²) in [4.78, 5) is 4.83. The minimum atomic E-state index is -4.34. The van der Waals surface area contributed by atoms with Crippen LogP contribution >= 0.6 is 34.5 Å². The van der Waals surface area contributed by atoms with Crippen LogP contribution < -0.4 is 0 Å². The molecule has 0 bridgehead atoms. The van der Waals surface area contributed by atoms with Crippen LogP contribution in [0, 0.1) is 0 Å². The lowest BCUT2D eigenvalue weighted by Gasteiger charge is -2.15. The molecule has 4 nitrogen and oxygen atoms in total. The number of aromatic nitrogens is 4. The summed E-state index contributed by atoms with van der Waals surface area (Å²) in [5.74, 6) is 0.573. The SMILES string of the molecule is CCc1c(-c2nnc(C3(C(F)(F)F)CC3)s2)nc(-c2ccccc2Cl)n1-c1ccc(Cl)cc1. The van der Waals surface area contributed by atoms with Crippen LogP contribution in [0.2, 0.25) is 10.0 Å². The summed E-state index contributed by atoms with van der Waals surface area (Å²) in [6.07, 6.45) is -3.71. The molecule has 1 saturated carbocycles. The standard InChI is InChI=1S/C23H17Cl2F3N4S/c1-2-17-18(20-30-31-21(33-20)22(11-12-22)23(26,27)28)29-19(15-5-3-4-6-16(15)25)32(17)14-9-7-13(24)8-10-14/h3-10H,2,11-12H2,1H3. The van der Waals surface area contributed by atoms with Crippen molar-refractivity contribution in [2.45, 2.75) is 37.8 Å². The number of nitrogens with zero attached hydrogens (tertiary/aromatic N) is 4. The van der Waals surface area contributed by atoms with Gasteiger partial charge in [-0.3, -0.25) is 4.57 Å². The van der Waals surface area contributed by atoms with E-state index in [0.29, 0.717) is 38.6 Å². The van der Waals surface area contributed by atoms with E-state index in [2.05, 4.69) is 10.2 Å². The van der Waals surface area contributed by atoms with Gasteiger partial charge < -0.3 is 0 Å². The molecule has 1 aliphatic carbocycles. The Hall–Kier alpha value is -2.42. The zero-order valence-electron chi connectivity index (χ0n) is 17.3. The Labute approximate surface area is 202 Å². The van der Waals surface area contributed by atoms with Gasteiger partial charge in [-0.25, -0.2) is 4.98 Å². The smallest absolute Gasteiger partial charge is 0.296 e. The molecule has 33 heavy (non-hydrogen) atoms. The van der Waals surface area contributed by atoms with Gasteiger partial charge in [-0.05, 0) is 55.7 Å². The molecule has 0 atom stereocenters. The lowest BCUT2D eigenvalue weighted by Crippen LogP contribution is -2.28. The van der Waals surface area contributed by atoms with E-state index in [-0.39, 0.29) is 17.8 Å². The summed E-state index contributed by atoms with van der Waals surface area (Å²) in [6, 6.07) is 14.6. The van der Waals surface area contributed by atoms with Gasteiger partial charge >= 0.3 is 6.18 Å². The highest BCUT2D eigenvalue weighted by molar-refractivity contribution is 7.14. The fraction of sp³-hybridized carbons (Fsp3) is 0.261. The van der Waals surface area contributed by atoms with E-state index >= 15 is 0 Å². The van der Waals surface area contributed by atoms with Crippen LogP contribution in [0.25, 0.3) is 27.8 Å². The van der Waals surface area contributed by atoms with Gasteiger partial charge in [0.15, 0.2) is 5.01 Å². The first kappa shape index (κ1) is 22.4. The number of hydrogen-bond donors (Lipinski definition) is 0. The van der Waals surface area contributed by atoms with E-state index in [4.69, 9.17) is 28.2 Å². The van der Waals surface area contributed by atoms with Crippen molar-refractivity contribution in [3.05, 3.63) is 69.3 Å². The van der Waals surface area contributed by atoms with Crippen LogP contribution in [-0.2, 0) is 11.8 Å². The number of rotatable bonds is 5. The molecule has 10 heteroatoms. The van der Waals surface area contributed by atoms with Crippen LogP contribution in [0.15, 0.2) is 48.5 Å². The first-order chi connectivity index (χ1) is 15.7. The van der Waals surface area contributed by atoms with Crippen molar-refractivity contribution < 1.29 is 13.2 Å². The van der Waals surface area contributed by atoms with Crippen molar-refractivity contribution in [3.63, 3.8) is 0 Å². The lowest BCUT2D eigenvalue weighted by atomic mass is 10.1. The van der Waals surface area contributed by atoms with Crippen LogP contribution in [0.1, 0.15) is 30.5 Å². The van der Waals surface area contributed by atoms with Crippen molar-refractivity contribution in [2.75, 3.05) is 0 Å². The highest BCUT2D eigenvalue weighted by Crippen LogP contribution is 2.59. The van der Waals surface area contributed by atoms with Crippen molar-refractivity contribution in [3.8, 4) is 27.8 Å². The van der Waals surface area contributed by atoms with Gasteiger partial charge in [0.2, 0.25) is 0 Å². The predicted octanol–water partition coefficient (Wildman–Crippen LogP) is 7.52. The van der Waals surface area contributed by atoms with E-state index in [1.54, 1.807) is 18.2 Å². The fourth-order valence-electron chi connectivity index (χ4n) is 3.90. The Balaban J connectivity index is 1.71. The quantitative estimate of drug-likeness (QED) is 0.280. The summed E-state index contributed by atoms with van der Waals surface area (Å²) in [7, 11) is 0. The summed E-state index contributed by atoms with van der Waals surface area (Å²) >= 11 is 13.5. The maximum atomic E-state index is 13.6. The van der Waals surface area contributed by atoms with Gasteiger partial charge in [0.1, 0.15) is 21.9 Å².